The Morgan fingerprint density at radius 3 is 2.77 bits per heavy atom. The second-order valence-electron chi connectivity index (χ2n) is 6.91. The third-order valence-electron chi connectivity index (χ3n) is 5.05. The largest absolute Gasteiger partial charge is 0.361 e. The fraction of sp³-hybridized carbons (Fsp3) is 0.227. The summed E-state index contributed by atoms with van der Waals surface area (Å²) in [6.07, 6.45) is 7.41. The summed E-state index contributed by atoms with van der Waals surface area (Å²) in [6, 6.07) is 14.5. The third-order valence-corrected chi connectivity index (χ3v) is 5.05. The minimum Gasteiger partial charge on any atom is -0.361 e. The normalized spacial score (nSPS) is 17.1. The molecule has 0 saturated carbocycles. The van der Waals surface area contributed by atoms with Crippen LogP contribution in [0.1, 0.15) is 31.2 Å². The summed E-state index contributed by atoms with van der Waals surface area (Å²) >= 11 is 0. The number of halogens is 1. The van der Waals surface area contributed by atoms with Crippen LogP contribution in [0.5, 0.6) is 0 Å². The fourth-order valence-electron chi connectivity index (χ4n) is 3.61. The Kier molecular flexibility index (Phi) is 4.57. The molecule has 0 saturated heterocycles. The van der Waals surface area contributed by atoms with E-state index in [1.54, 1.807) is 0 Å². The SMILES string of the molecule is O=C(CC1CC=C(c2ccc(F)cc2)CC1)Nc1ccc2[nH]ccc2c1. The smallest absolute Gasteiger partial charge is 0.224 e. The van der Waals surface area contributed by atoms with Gasteiger partial charge >= 0.3 is 0 Å². The molecule has 3 aromatic rings. The molecule has 1 heterocycles. The number of carbonyl (C=O) groups excluding carboxylic acids is 1. The van der Waals surface area contributed by atoms with E-state index in [1.807, 2.05) is 42.6 Å². The summed E-state index contributed by atoms with van der Waals surface area (Å²) in [6.45, 7) is 0. The van der Waals surface area contributed by atoms with Gasteiger partial charge in [0.05, 0.1) is 0 Å². The van der Waals surface area contributed by atoms with Gasteiger partial charge in [-0.2, -0.15) is 0 Å². The average Bonchev–Trinajstić information content (AvgIpc) is 3.11. The van der Waals surface area contributed by atoms with Gasteiger partial charge in [0.25, 0.3) is 0 Å². The van der Waals surface area contributed by atoms with Gasteiger partial charge in [0.2, 0.25) is 5.91 Å². The van der Waals surface area contributed by atoms with Gasteiger partial charge in [0.1, 0.15) is 5.82 Å². The van der Waals surface area contributed by atoms with Crippen LogP contribution < -0.4 is 5.32 Å². The maximum Gasteiger partial charge on any atom is 0.224 e. The number of hydrogen-bond donors (Lipinski definition) is 2. The zero-order chi connectivity index (χ0) is 17.9. The number of anilines is 1. The van der Waals surface area contributed by atoms with Crippen LogP contribution in [0.25, 0.3) is 16.5 Å². The van der Waals surface area contributed by atoms with Crippen molar-refractivity contribution < 1.29 is 9.18 Å². The number of aromatic amines is 1. The lowest BCUT2D eigenvalue weighted by Crippen LogP contribution is -2.17. The van der Waals surface area contributed by atoms with Crippen molar-refractivity contribution in [2.45, 2.75) is 25.7 Å². The van der Waals surface area contributed by atoms with E-state index in [-0.39, 0.29) is 11.7 Å². The molecule has 1 aliphatic carbocycles. The Labute approximate surface area is 151 Å². The lowest BCUT2D eigenvalue weighted by Gasteiger charge is -2.22. The van der Waals surface area contributed by atoms with Gasteiger partial charge in [0, 0.05) is 29.2 Å². The number of allylic oxidation sites excluding steroid dienone is 2. The van der Waals surface area contributed by atoms with Crippen molar-refractivity contribution in [2.75, 3.05) is 5.32 Å². The third kappa shape index (κ3) is 3.69. The molecule has 1 amide bonds. The number of carbonyl (C=O) groups is 1. The van der Waals surface area contributed by atoms with Gasteiger partial charge < -0.3 is 10.3 Å². The van der Waals surface area contributed by atoms with Crippen LogP contribution in [0.2, 0.25) is 0 Å². The number of rotatable bonds is 4. The van der Waals surface area contributed by atoms with Crippen LogP contribution in [0.3, 0.4) is 0 Å². The predicted molar refractivity (Wildman–Crippen MR) is 103 cm³/mol. The first-order chi connectivity index (χ1) is 12.7. The molecular formula is C22H21FN2O. The molecule has 2 aromatic carbocycles. The van der Waals surface area contributed by atoms with Gasteiger partial charge in [-0.05, 0) is 72.7 Å². The molecular weight excluding hydrogens is 327 g/mol. The van der Waals surface area contributed by atoms with Crippen LogP contribution in [-0.2, 0) is 4.79 Å². The van der Waals surface area contributed by atoms with E-state index < -0.39 is 0 Å². The van der Waals surface area contributed by atoms with Crippen molar-refractivity contribution >= 4 is 28.1 Å². The van der Waals surface area contributed by atoms with Crippen molar-refractivity contribution in [2.24, 2.45) is 5.92 Å². The molecule has 132 valence electrons. The first kappa shape index (κ1) is 16.6. The molecule has 1 aliphatic rings. The Morgan fingerprint density at radius 1 is 1.15 bits per heavy atom. The van der Waals surface area contributed by atoms with E-state index >= 15 is 0 Å². The second-order valence-corrected chi connectivity index (χ2v) is 6.91. The molecule has 1 unspecified atom stereocenters. The Balaban J connectivity index is 1.34. The average molecular weight is 348 g/mol. The first-order valence-corrected chi connectivity index (χ1v) is 8.99. The topological polar surface area (TPSA) is 44.9 Å². The maximum atomic E-state index is 13.0. The molecule has 3 nitrogen and oxygen atoms in total. The molecule has 26 heavy (non-hydrogen) atoms. The molecule has 0 spiro atoms. The van der Waals surface area contributed by atoms with Crippen LogP contribution >= 0.6 is 0 Å². The Hall–Kier alpha value is -2.88. The first-order valence-electron chi connectivity index (χ1n) is 8.99. The summed E-state index contributed by atoms with van der Waals surface area (Å²) in [7, 11) is 0. The Morgan fingerprint density at radius 2 is 2.00 bits per heavy atom. The second kappa shape index (κ2) is 7.16. The minimum atomic E-state index is -0.211. The quantitative estimate of drug-likeness (QED) is 0.641. The zero-order valence-electron chi connectivity index (χ0n) is 14.5. The van der Waals surface area contributed by atoms with Crippen molar-refractivity contribution in [3.63, 3.8) is 0 Å². The summed E-state index contributed by atoms with van der Waals surface area (Å²) in [4.78, 5) is 15.5. The highest BCUT2D eigenvalue weighted by atomic mass is 19.1. The van der Waals surface area contributed by atoms with Crippen molar-refractivity contribution in [3.05, 3.63) is 72.2 Å². The van der Waals surface area contributed by atoms with E-state index in [9.17, 15) is 9.18 Å². The number of fused-ring (bicyclic) bond motifs is 1. The van der Waals surface area contributed by atoms with Gasteiger partial charge in [-0.25, -0.2) is 4.39 Å². The summed E-state index contributed by atoms with van der Waals surface area (Å²) in [5.74, 6) is 0.205. The lowest BCUT2D eigenvalue weighted by molar-refractivity contribution is -0.117. The highest BCUT2D eigenvalue weighted by Gasteiger charge is 2.18. The van der Waals surface area contributed by atoms with Crippen LogP contribution in [0, 0.1) is 11.7 Å². The minimum absolute atomic E-state index is 0.0588. The molecule has 0 radical (unpaired) electrons. The standard InChI is InChI=1S/C22H21FN2O/c23-19-7-5-17(6-8-19)16-3-1-15(2-4-16)13-22(26)25-20-9-10-21-18(14-20)11-12-24-21/h3,5-12,14-15,24H,1-2,4,13H2,(H,25,26). The van der Waals surface area contributed by atoms with Crippen molar-refractivity contribution in [1.29, 1.82) is 0 Å². The number of H-pyrrole nitrogens is 1. The molecule has 0 fully saturated rings. The van der Waals surface area contributed by atoms with E-state index in [0.29, 0.717) is 12.3 Å². The highest BCUT2D eigenvalue weighted by Crippen LogP contribution is 2.32. The van der Waals surface area contributed by atoms with Crippen LogP contribution in [0.4, 0.5) is 10.1 Å². The van der Waals surface area contributed by atoms with E-state index in [0.717, 1.165) is 41.4 Å². The van der Waals surface area contributed by atoms with Gasteiger partial charge in [-0.1, -0.05) is 18.2 Å². The molecule has 4 rings (SSSR count). The van der Waals surface area contributed by atoms with Gasteiger partial charge in [-0.15, -0.1) is 0 Å². The van der Waals surface area contributed by atoms with E-state index in [1.165, 1.54) is 17.7 Å². The molecule has 1 atom stereocenters. The van der Waals surface area contributed by atoms with E-state index in [2.05, 4.69) is 16.4 Å². The number of amides is 1. The van der Waals surface area contributed by atoms with E-state index in [4.69, 9.17) is 0 Å². The van der Waals surface area contributed by atoms with Crippen LogP contribution in [-0.4, -0.2) is 10.9 Å². The van der Waals surface area contributed by atoms with Gasteiger partial charge in [-0.3, -0.25) is 4.79 Å². The molecule has 0 aliphatic heterocycles. The fourth-order valence-corrected chi connectivity index (χ4v) is 3.61. The van der Waals surface area contributed by atoms with Gasteiger partial charge in [0.15, 0.2) is 0 Å². The zero-order valence-corrected chi connectivity index (χ0v) is 14.5. The predicted octanol–water partition coefficient (Wildman–Crippen LogP) is 5.52. The lowest BCUT2D eigenvalue weighted by atomic mass is 9.85. The summed E-state index contributed by atoms with van der Waals surface area (Å²) in [5.41, 5.74) is 4.22. The molecule has 0 bridgehead atoms. The molecule has 4 heteroatoms. The number of benzene rings is 2. The van der Waals surface area contributed by atoms with Crippen LogP contribution in [0.15, 0.2) is 60.8 Å². The summed E-state index contributed by atoms with van der Waals surface area (Å²) < 4.78 is 13.0. The molecule has 2 N–H and O–H groups in total. The number of hydrogen-bond acceptors (Lipinski definition) is 1. The maximum absolute atomic E-state index is 13.0. The Bertz CT molecular complexity index is 956. The number of aromatic nitrogens is 1. The summed E-state index contributed by atoms with van der Waals surface area (Å²) in [5, 5.41) is 4.10. The van der Waals surface area contributed by atoms with Crippen molar-refractivity contribution in [3.8, 4) is 0 Å². The number of nitrogens with one attached hydrogen (secondary N) is 2. The van der Waals surface area contributed by atoms with Crippen molar-refractivity contribution in [1.82, 2.24) is 4.98 Å². The highest BCUT2D eigenvalue weighted by molar-refractivity contribution is 5.93. The monoisotopic (exact) mass is 348 g/mol. The molecule has 1 aromatic heterocycles.